The first kappa shape index (κ1) is 16.4. The molecule has 2 aliphatic rings. The van der Waals surface area contributed by atoms with Gasteiger partial charge < -0.3 is 10.1 Å². The first-order valence-electron chi connectivity index (χ1n) is 9.18. The van der Waals surface area contributed by atoms with Gasteiger partial charge in [0.15, 0.2) is 0 Å². The van der Waals surface area contributed by atoms with Gasteiger partial charge >= 0.3 is 0 Å². The standard InChI is InChI=1S/C20H29NO2/c1-23-19-12-10-17(11-13-19)16-8-6-15(7-9-16)14-20(22)21-18-4-2-3-5-18/h10-13,15-16,18H,2-9,14H2,1H3,(H,21,22). The highest BCUT2D eigenvalue weighted by Gasteiger charge is 2.25. The molecule has 0 aromatic heterocycles. The Kier molecular flexibility index (Phi) is 5.58. The minimum absolute atomic E-state index is 0.282. The molecule has 2 aliphatic carbocycles. The van der Waals surface area contributed by atoms with E-state index in [1.165, 1.54) is 56.9 Å². The quantitative estimate of drug-likeness (QED) is 0.873. The molecule has 0 bridgehead atoms. The Labute approximate surface area is 139 Å². The predicted octanol–water partition coefficient (Wildman–Crippen LogP) is 4.42. The Balaban J connectivity index is 1.43. The average molecular weight is 315 g/mol. The first-order chi connectivity index (χ1) is 11.2. The summed E-state index contributed by atoms with van der Waals surface area (Å²) in [5.41, 5.74) is 1.42. The highest BCUT2D eigenvalue weighted by atomic mass is 16.5. The number of methoxy groups -OCH3 is 1. The maximum Gasteiger partial charge on any atom is 0.220 e. The third-order valence-corrected chi connectivity index (χ3v) is 5.63. The number of hydrogen-bond acceptors (Lipinski definition) is 2. The second kappa shape index (κ2) is 7.85. The largest absolute Gasteiger partial charge is 0.497 e. The normalized spacial score (nSPS) is 25.3. The van der Waals surface area contributed by atoms with Crippen LogP contribution in [0.2, 0.25) is 0 Å². The van der Waals surface area contributed by atoms with E-state index >= 15 is 0 Å². The van der Waals surface area contributed by atoms with Crippen molar-refractivity contribution in [2.75, 3.05) is 7.11 Å². The van der Waals surface area contributed by atoms with E-state index in [9.17, 15) is 4.79 Å². The van der Waals surface area contributed by atoms with Crippen LogP contribution in [-0.2, 0) is 4.79 Å². The van der Waals surface area contributed by atoms with Gasteiger partial charge in [-0.2, -0.15) is 0 Å². The molecule has 1 amide bonds. The van der Waals surface area contributed by atoms with Crippen molar-refractivity contribution in [1.29, 1.82) is 0 Å². The molecule has 1 N–H and O–H groups in total. The number of hydrogen-bond donors (Lipinski definition) is 1. The maximum absolute atomic E-state index is 12.2. The van der Waals surface area contributed by atoms with Crippen molar-refractivity contribution in [2.45, 2.75) is 69.7 Å². The van der Waals surface area contributed by atoms with Crippen molar-refractivity contribution < 1.29 is 9.53 Å². The van der Waals surface area contributed by atoms with Gasteiger partial charge in [-0.05, 0) is 68.1 Å². The van der Waals surface area contributed by atoms with Gasteiger partial charge in [-0.25, -0.2) is 0 Å². The van der Waals surface area contributed by atoms with Crippen LogP contribution < -0.4 is 10.1 Å². The molecule has 0 saturated heterocycles. The van der Waals surface area contributed by atoms with E-state index < -0.39 is 0 Å². The van der Waals surface area contributed by atoms with Gasteiger partial charge in [0, 0.05) is 12.5 Å². The molecule has 0 spiro atoms. The number of nitrogens with one attached hydrogen (secondary N) is 1. The molecule has 2 saturated carbocycles. The van der Waals surface area contributed by atoms with Crippen LogP contribution in [0.15, 0.2) is 24.3 Å². The maximum atomic E-state index is 12.2. The summed E-state index contributed by atoms with van der Waals surface area (Å²) in [7, 11) is 1.71. The summed E-state index contributed by atoms with van der Waals surface area (Å²) in [6, 6.07) is 8.94. The van der Waals surface area contributed by atoms with E-state index in [0.717, 1.165) is 12.2 Å². The van der Waals surface area contributed by atoms with E-state index in [4.69, 9.17) is 4.74 Å². The molecule has 0 atom stereocenters. The van der Waals surface area contributed by atoms with Gasteiger partial charge in [0.05, 0.1) is 7.11 Å². The molecule has 126 valence electrons. The SMILES string of the molecule is COc1ccc(C2CCC(CC(=O)NC3CCCC3)CC2)cc1. The van der Waals surface area contributed by atoms with Gasteiger partial charge in [-0.15, -0.1) is 0 Å². The number of carbonyl (C=O) groups is 1. The summed E-state index contributed by atoms with van der Waals surface area (Å²) in [6.07, 6.45) is 10.4. The second-order valence-electron chi connectivity index (χ2n) is 7.24. The number of benzene rings is 1. The van der Waals surface area contributed by atoms with Crippen molar-refractivity contribution in [3.05, 3.63) is 29.8 Å². The van der Waals surface area contributed by atoms with Crippen LogP contribution in [0, 0.1) is 5.92 Å². The fourth-order valence-corrected chi connectivity index (χ4v) is 4.19. The molecular formula is C20H29NO2. The van der Waals surface area contributed by atoms with Crippen LogP contribution in [0.4, 0.5) is 0 Å². The summed E-state index contributed by atoms with van der Waals surface area (Å²) < 4.78 is 5.23. The Bertz CT molecular complexity index is 497. The number of carbonyl (C=O) groups excluding carboxylic acids is 1. The van der Waals surface area contributed by atoms with Gasteiger partial charge in [-0.3, -0.25) is 4.79 Å². The van der Waals surface area contributed by atoms with Gasteiger partial charge in [0.25, 0.3) is 0 Å². The highest BCUT2D eigenvalue weighted by molar-refractivity contribution is 5.76. The molecule has 3 rings (SSSR count). The molecule has 3 heteroatoms. The lowest BCUT2D eigenvalue weighted by Crippen LogP contribution is -2.34. The number of amides is 1. The second-order valence-corrected chi connectivity index (χ2v) is 7.24. The molecule has 0 aliphatic heterocycles. The first-order valence-corrected chi connectivity index (χ1v) is 9.18. The van der Waals surface area contributed by atoms with Gasteiger partial charge in [-0.1, -0.05) is 25.0 Å². The van der Waals surface area contributed by atoms with Crippen LogP contribution in [0.25, 0.3) is 0 Å². The lowest BCUT2D eigenvalue weighted by molar-refractivity contribution is -0.122. The van der Waals surface area contributed by atoms with Crippen LogP contribution in [0.1, 0.15) is 69.3 Å². The molecular weight excluding hydrogens is 286 g/mol. The van der Waals surface area contributed by atoms with E-state index in [1.807, 2.05) is 0 Å². The van der Waals surface area contributed by atoms with Crippen molar-refractivity contribution in [1.82, 2.24) is 5.32 Å². The number of rotatable bonds is 5. The summed E-state index contributed by atoms with van der Waals surface area (Å²) >= 11 is 0. The highest BCUT2D eigenvalue weighted by Crippen LogP contribution is 2.37. The Hall–Kier alpha value is -1.51. The van der Waals surface area contributed by atoms with E-state index in [1.54, 1.807) is 7.11 Å². The minimum atomic E-state index is 0.282. The van der Waals surface area contributed by atoms with Crippen molar-refractivity contribution in [3.63, 3.8) is 0 Å². The van der Waals surface area contributed by atoms with Crippen molar-refractivity contribution in [3.8, 4) is 5.75 Å². The van der Waals surface area contributed by atoms with Gasteiger partial charge in [0.2, 0.25) is 5.91 Å². The lowest BCUT2D eigenvalue weighted by Gasteiger charge is -2.29. The molecule has 0 heterocycles. The average Bonchev–Trinajstić information content (AvgIpc) is 3.08. The molecule has 2 fully saturated rings. The fourth-order valence-electron chi connectivity index (χ4n) is 4.19. The molecule has 3 nitrogen and oxygen atoms in total. The molecule has 23 heavy (non-hydrogen) atoms. The topological polar surface area (TPSA) is 38.3 Å². The predicted molar refractivity (Wildman–Crippen MR) is 92.7 cm³/mol. The molecule has 1 aromatic carbocycles. The van der Waals surface area contributed by atoms with E-state index in [0.29, 0.717) is 17.9 Å². The van der Waals surface area contributed by atoms with Crippen LogP contribution in [0.5, 0.6) is 5.75 Å². The summed E-state index contributed by atoms with van der Waals surface area (Å²) in [5.74, 6) is 2.43. The minimum Gasteiger partial charge on any atom is -0.497 e. The van der Waals surface area contributed by atoms with E-state index in [-0.39, 0.29) is 5.91 Å². The monoisotopic (exact) mass is 315 g/mol. The van der Waals surface area contributed by atoms with Crippen molar-refractivity contribution >= 4 is 5.91 Å². The summed E-state index contributed by atoms with van der Waals surface area (Å²) in [4.78, 5) is 12.2. The van der Waals surface area contributed by atoms with Crippen LogP contribution in [-0.4, -0.2) is 19.1 Å². The summed E-state index contributed by atoms with van der Waals surface area (Å²) in [6.45, 7) is 0. The van der Waals surface area contributed by atoms with Crippen LogP contribution >= 0.6 is 0 Å². The Morgan fingerprint density at radius 1 is 1.04 bits per heavy atom. The van der Waals surface area contributed by atoms with E-state index in [2.05, 4.69) is 29.6 Å². The van der Waals surface area contributed by atoms with Gasteiger partial charge in [0.1, 0.15) is 5.75 Å². The molecule has 0 unspecified atom stereocenters. The molecule has 1 aromatic rings. The summed E-state index contributed by atoms with van der Waals surface area (Å²) in [5, 5.41) is 3.23. The fraction of sp³-hybridized carbons (Fsp3) is 0.650. The van der Waals surface area contributed by atoms with Crippen molar-refractivity contribution in [2.24, 2.45) is 5.92 Å². The zero-order valence-corrected chi connectivity index (χ0v) is 14.2. The van der Waals surface area contributed by atoms with Crippen LogP contribution in [0.3, 0.4) is 0 Å². The zero-order chi connectivity index (χ0) is 16.1. The third-order valence-electron chi connectivity index (χ3n) is 5.63. The molecule has 0 radical (unpaired) electrons. The zero-order valence-electron chi connectivity index (χ0n) is 14.2. The third kappa shape index (κ3) is 4.49. The number of ether oxygens (including phenoxy) is 1. The Morgan fingerprint density at radius 2 is 1.70 bits per heavy atom. The smallest absolute Gasteiger partial charge is 0.220 e. The Morgan fingerprint density at radius 3 is 2.30 bits per heavy atom. The lowest BCUT2D eigenvalue weighted by atomic mass is 9.77.